The number of hydrogen-bond donors (Lipinski definition) is 2. The van der Waals surface area contributed by atoms with Gasteiger partial charge in [0.25, 0.3) is 5.91 Å². The fourth-order valence-corrected chi connectivity index (χ4v) is 3.53. The van der Waals surface area contributed by atoms with Gasteiger partial charge < -0.3 is 20.3 Å². The zero-order valence-electron chi connectivity index (χ0n) is 17.8. The summed E-state index contributed by atoms with van der Waals surface area (Å²) in [6.07, 6.45) is 2.65. The topological polar surface area (TPSA) is 87.7 Å². The van der Waals surface area contributed by atoms with Crippen molar-refractivity contribution in [2.24, 2.45) is 0 Å². The molecule has 1 unspecified atom stereocenters. The number of ether oxygens (including phenoxy) is 1. The number of esters is 1. The Kier molecular flexibility index (Phi) is 8.04. The van der Waals surface area contributed by atoms with Gasteiger partial charge in [0.15, 0.2) is 0 Å². The van der Waals surface area contributed by atoms with Crippen LogP contribution in [0.15, 0.2) is 54.6 Å². The van der Waals surface area contributed by atoms with Gasteiger partial charge in [0.1, 0.15) is 6.04 Å². The summed E-state index contributed by atoms with van der Waals surface area (Å²) in [4.78, 5) is 39.7. The van der Waals surface area contributed by atoms with Gasteiger partial charge in [0, 0.05) is 18.8 Å². The monoisotopic (exact) mass is 423 g/mol. The maximum atomic E-state index is 13.4. The number of nitrogens with zero attached hydrogens (tertiary/aromatic N) is 1. The van der Waals surface area contributed by atoms with E-state index in [2.05, 4.69) is 17.6 Å². The van der Waals surface area contributed by atoms with Crippen molar-refractivity contribution in [3.63, 3.8) is 0 Å². The van der Waals surface area contributed by atoms with Gasteiger partial charge in [-0.25, -0.2) is 0 Å². The van der Waals surface area contributed by atoms with Crippen molar-refractivity contribution in [2.75, 3.05) is 25.0 Å². The molecule has 2 aromatic rings. The first-order valence-electron chi connectivity index (χ1n) is 10.8. The fourth-order valence-electron chi connectivity index (χ4n) is 3.53. The highest BCUT2D eigenvalue weighted by Crippen LogP contribution is 2.24. The average Bonchev–Trinajstić information content (AvgIpc) is 2.79. The fraction of sp³-hybridized carbons (Fsp3) is 0.375. The van der Waals surface area contributed by atoms with Crippen LogP contribution in [0.2, 0.25) is 0 Å². The summed E-state index contributed by atoms with van der Waals surface area (Å²) in [6, 6.07) is 15.8. The summed E-state index contributed by atoms with van der Waals surface area (Å²) in [6.45, 7) is 3.08. The zero-order chi connectivity index (χ0) is 22.1. The van der Waals surface area contributed by atoms with Crippen molar-refractivity contribution >= 4 is 29.2 Å². The molecule has 31 heavy (non-hydrogen) atoms. The molecule has 1 atom stereocenters. The third-order valence-corrected chi connectivity index (χ3v) is 5.17. The number of piperazine rings is 1. The van der Waals surface area contributed by atoms with Gasteiger partial charge in [-0.15, -0.1) is 0 Å². The van der Waals surface area contributed by atoms with Gasteiger partial charge in [0.05, 0.1) is 24.3 Å². The van der Waals surface area contributed by atoms with E-state index in [1.165, 1.54) is 4.90 Å². The maximum absolute atomic E-state index is 13.4. The number of unbranched alkanes of at least 4 members (excludes halogenated alkanes) is 2. The third-order valence-electron chi connectivity index (χ3n) is 5.17. The summed E-state index contributed by atoms with van der Waals surface area (Å²) in [5.74, 6) is -1.09. The Balaban J connectivity index is 1.74. The van der Waals surface area contributed by atoms with Crippen LogP contribution in [-0.4, -0.2) is 48.4 Å². The smallest absolute Gasteiger partial charge is 0.308 e. The molecule has 0 aromatic heterocycles. The second kappa shape index (κ2) is 11.2. The maximum Gasteiger partial charge on any atom is 0.308 e. The molecule has 1 saturated heterocycles. The van der Waals surface area contributed by atoms with Crippen LogP contribution in [0.1, 0.15) is 43.0 Å². The van der Waals surface area contributed by atoms with Crippen molar-refractivity contribution in [2.45, 2.75) is 38.6 Å². The molecule has 2 aromatic carbocycles. The Bertz CT molecular complexity index is 901. The van der Waals surface area contributed by atoms with E-state index in [9.17, 15) is 14.4 Å². The standard InChI is InChI=1S/C24H29N3O4/c1-2-3-9-16-31-22(28)17-21-23(29)25-14-15-27(21)24(30)19-12-7-8-13-20(19)26-18-10-5-4-6-11-18/h4-8,10-13,21,26H,2-3,9,14-17H2,1H3,(H,25,29). The van der Waals surface area contributed by atoms with Crippen molar-refractivity contribution < 1.29 is 19.1 Å². The quantitative estimate of drug-likeness (QED) is 0.476. The number of rotatable bonds is 9. The normalized spacial score (nSPS) is 15.8. The largest absolute Gasteiger partial charge is 0.466 e. The van der Waals surface area contributed by atoms with E-state index in [-0.39, 0.29) is 18.2 Å². The van der Waals surface area contributed by atoms with Gasteiger partial charge in [-0.2, -0.15) is 0 Å². The van der Waals surface area contributed by atoms with E-state index in [1.807, 2.05) is 42.5 Å². The van der Waals surface area contributed by atoms with Crippen molar-refractivity contribution in [3.8, 4) is 0 Å². The van der Waals surface area contributed by atoms with Gasteiger partial charge in [0.2, 0.25) is 5.91 Å². The lowest BCUT2D eigenvalue weighted by molar-refractivity contribution is -0.147. The minimum absolute atomic E-state index is 0.155. The molecular formula is C24H29N3O4. The van der Waals surface area contributed by atoms with Crippen LogP contribution in [0, 0.1) is 0 Å². The number of nitrogens with one attached hydrogen (secondary N) is 2. The highest BCUT2D eigenvalue weighted by Gasteiger charge is 2.36. The molecule has 1 aliphatic heterocycles. The minimum atomic E-state index is -0.885. The van der Waals surface area contributed by atoms with E-state index < -0.39 is 12.0 Å². The lowest BCUT2D eigenvalue weighted by atomic mass is 10.1. The number of para-hydroxylation sites is 2. The first-order chi connectivity index (χ1) is 15.1. The van der Waals surface area contributed by atoms with Crippen LogP contribution in [0.25, 0.3) is 0 Å². The lowest BCUT2D eigenvalue weighted by Gasteiger charge is -2.35. The van der Waals surface area contributed by atoms with E-state index in [0.29, 0.717) is 30.9 Å². The Morgan fingerprint density at radius 1 is 1.10 bits per heavy atom. The van der Waals surface area contributed by atoms with Crippen LogP contribution in [0.5, 0.6) is 0 Å². The number of hydrogen-bond acceptors (Lipinski definition) is 5. The second-order valence-corrected chi connectivity index (χ2v) is 7.47. The highest BCUT2D eigenvalue weighted by atomic mass is 16.5. The summed E-state index contributed by atoms with van der Waals surface area (Å²) in [5.41, 5.74) is 1.94. The van der Waals surface area contributed by atoms with E-state index in [1.54, 1.807) is 12.1 Å². The Morgan fingerprint density at radius 2 is 1.84 bits per heavy atom. The number of anilines is 2. The molecule has 1 fully saturated rings. The van der Waals surface area contributed by atoms with Gasteiger partial charge in [-0.1, -0.05) is 50.1 Å². The summed E-state index contributed by atoms with van der Waals surface area (Å²) < 4.78 is 5.26. The van der Waals surface area contributed by atoms with Crippen LogP contribution >= 0.6 is 0 Å². The van der Waals surface area contributed by atoms with E-state index in [0.717, 1.165) is 24.9 Å². The van der Waals surface area contributed by atoms with Crippen LogP contribution in [0.4, 0.5) is 11.4 Å². The molecule has 164 valence electrons. The Labute approximate surface area is 182 Å². The van der Waals surface area contributed by atoms with Crippen LogP contribution in [0.3, 0.4) is 0 Å². The first kappa shape index (κ1) is 22.3. The molecular weight excluding hydrogens is 394 g/mol. The molecule has 7 heteroatoms. The SMILES string of the molecule is CCCCCOC(=O)CC1C(=O)NCCN1C(=O)c1ccccc1Nc1ccccc1. The summed E-state index contributed by atoms with van der Waals surface area (Å²) in [5, 5.41) is 6.01. The molecule has 1 aliphatic rings. The molecule has 7 nitrogen and oxygen atoms in total. The van der Waals surface area contributed by atoms with Gasteiger partial charge >= 0.3 is 5.97 Å². The van der Waals surface area contributed by atoms with Gasteiger partial charge in [-0.3, -0.25) is 14.4 Å². The first-order valence-corrected chi connectivity index (χ1v) is 10.8. The predicted molar refractivity (Wildman–Crippen MR) is 119 cm³/mol. The second-order valence-electron chi connectivity index (χ2n) is 7.47. The molecule has 0 saturated carbocycles. The van der Waals surface area contributed by atoms with Gasteiger partial charge in [-0.05, 0) is 30.7 Å². The Hall–Kier alpha value is -3.35. The summed E-state index contributed by atoms with van der Waals surface area (Å²) >= 11 is 0. The Morgan fingerprint density at radius 3 is 2.61 bits per heavy atom. The molecule has 0 bridgehead atoms. The van der Waals surface area contributed by atoms with E-state index in [4.69, 9.17) is 4.74 Å². The van der Waals surface area contributed by atoms with Crippen molar-refractivity contribution in [1.29, 1.82) is 0 Å². The van der Waals surface area contributed by atoms with Crippen molar-refractivity contribution in [1.82, 2.24) is 10.2 Å². The van der Waals surface area contributed by atoms with Crippen LogP contribution in [-0.2, 0) is 14.3 Å². The molecule has 2 amide bonds. The average molecular weight is 424 g/mol. The minimum Gasteiger partial charge on any atom is -0.466 e. The molecule has 0 aliphatic carbocycles. The zero-order valence-corrected chi connectivity index (χ0v) is 17.8. The number of carbonyl (C=O) groups is 3. The molecule has 0 radical (unpaired) electrons. The highest BCUT2D eigenvalue weighted by molar-refractivity contribution is 6.03. The number of benzene rings is 2. The predicted octanol–water partition coefficient (Wildman–Crippen LogP) is 3.49. The molecule has 1 heterocycles. The lowest BCUT2D eigenvalue weighted by Crippen LogP contribution is -2.57. The van der Waals surface area contributed by atoms with Crippen LogP contribution < -0.4 is 10.6 Å². The third kappa shape index (κ3) is 6.07. The van der Waals surface area contributed by atoms with E-state index >= 15 is 0 Å². The molecule has 3 rings (SSSR count). The number of carbonyl (C=O) groups excluding carboxylic acids is 3. The molecule has 0 spiro atoms. The van der Waals surface area contributed by atoms with Crippen molar-refractivity contribution in [3.05, 3.63) is 60.2 Å². The number of amides is 2. The summed E-state index contributed by atoms with van der Waals surface area (Å²) in [7, 11) is 0. The molecule has 2 N–H and O–H groups in total.